The van der Waals surface area contributed by atoms with Crippen LogP contribution in [0.25, 0.3) is 0 Å². The number of carbonyl (C=O) groups excluding carboxylic acids is 2. The van der Waals surface area contributed by atoms with Crippen molar-refractivity contribution in [1.82, 2.24) is 10.6 Å². The molecule has 3 aliphatic rings. The van der Waals surface area contributed by atoms with Crippen LogP contribution in [0.4, 0.5) is 8.78 Å². The van der Waals surface area contributed by atoms with Crippen molar-refractivity contribution >= 4 is 11.8 Å². The number of rotatable bonds is 7. The van der Waals surface area contributed by atoms with E-state index >= 15 is 0 Å². The number of nitrogens with one attached hydrogen (secondary N) is 2. The maximum Gasteiger partial charge on any atom is 0.586 e. The third kappa shape index (κ3) is 4.75. The Bertz CT molecular complexity index is 1250. The molecular weight excluding hydrogens is 490 g/mol. The Morgan fingerprint density at radius 3 is 2.51 bits per heavy atom. The number of aliphatic hydroxyl groups is 1. The molecule has 2 atom stereocenters. The summed E-state index contributed by atoms with van der Waals surface area (Å²) in [6.07, 6.45) is -3.46. The highest BCUT2D eigenvalue weighted by Gasteiger charge is 2.53. The lowest BCUT2D eigenvalue weighted by Gasteiger charge is -2.35. The molecule has 2 aromatic carbocycles. The predicted octanol–water partition coefficient (Wildman–Crippen LogP) is 2.94. The number of ether oxygens (including phenoxy) is 4. The number of halogens is 2. The molecule has 0 spiro atoms. The lowest BCUT2D eigenvalue weighted by Crippen LogP contribution is -2.53. The van der Waals surface area contributed by atoms with Crippen LogP contribution >= 0.6 is 0 Å². The Balaban J connectivity index is 1.39. The lowest BCUT2D eigenvalue weighted by molar-refractivity contribution is -0.286. The van der Waals surface area contributed by atoms with Gasteiger partial charge in [0.1, 0.15) is 11.5 Å². The molecule has 37 heavy (non-hydrogen) atoms. The van der Waals surface area contributed by atoms with Crippen LogP contribution in [-0.2, 0) is 15.0 Å². The van der Waals surface area contributed by atoms with Gasteiger partial charge in [0.05, 0.1) is 30.7 Å². The number of alkyl halides is 2. The summed E-state index contributed by atoms with van der Waals surface area (Å²) in [7, 11) is 1.51. The summed E-state index contributed by atoms with van der Waals surface area (Å²) in [6.45, 7) is 3.10. The van der Waals surface area contributed by atoms with E-state index in [0.29, 0.717) is 35.5 Å². The molecule has 2 aliphatic heterocycles. The summed E-state index contributed by atoms with van der Waals surface area (Å²) < 4.78 is 47.2. The fraction of sp³-hybridized carbons (Fsp3) is 0.462. The quantitative estimate of drug-likeness (QED) is 0.516. The van der Waals surface area contributed by atoms with Gasteiger partial charge in [-0.1, -0.05) is 6.07 Å². The number of amides is 2. The highest BCUT2D eigenvalue weighted by molar-refractivity contribution is 5.92. The molecule has 1 saturated carbocycles. The van der Waals surface area contributed by atoms with E-state index in [-0.39, 0.29) is 30.4 Å². The van der Waals surface area contributed by atoms with E-state index < -0.39 is 35.3 Å². The van der Waals surface area contributed by atoms with Crippen molar-refractivity contribution in [2.75, 3.05) is 13.7 Å². The van der Waals surface area contributed by atoms with Gasteiger partial charge in [-0.05, 0) is 56.5 Å². The van der Waals surface area contributed by atoms with Crippen LogP contribution in [0, 0.1) is 0 Å². The summed E-state index contributed by atoms with van der Waals surface area (Å²) >= 11 is 0. The number of hydrogen-bond acceptors (Lipinski definition) is 7. The van der Waals surface area contributed by atoms with Gasteiger partial charge < -0.3 is 34.7 Å². The maximum absolute atomic E-state index is 13.6. The molecule has 9 nitrogen and oxygen atoms in total. The average molecular weight is 519 g/mol. The van der Waals surface area contributed by atoms with Gasteiger partial charge in [-0.2, -0.15) is 0 Å². The molecule has 1 aliphatic carbocycles. The van der Waals surface area contributed by atoms with Gasteiger partial charge in [-0.25, -0.2) is 0 Å². The van der Waals surface area contributed by atoms with E-state index in [1.54, 1.807) is 38.1 Å². The molecule has 0 bridgehead atoms. The standard InChI is InChI=1S/C26H28F2N2O7/c1-24(2,13-31)30-22(32)21-12-17(16-6-5-15(34-3)11-19(16)35-21)29-23(33)25(8-9-25)14-4-7-18-20(10-14)37-26(27,28)36-18/h4-7,10-11,17,21,31H,8-9,12-13H2,1-3H3,(H,29,33)(H,30,32). The fourth-order valence-corrected chi connectivity index (χ4v) is 4.64. The maximum atomic E-state index is 13.6. The van der Waals surface area contributed by atoms with Crippen molar-refractivity contribution < 1.29 is 42.4 Å². The Kier molecular flexibility index (Phi) is 5.93. The zero-order valence-electron chi connectivity index (χ0n) is 20.6. The van der Waals surface area contributed by atoms with Crippen molar-refractivity contribution in [2.45, 2.75) is 62.5 Å². The number of aliphatic hydroxyl groups excluding tert-OH is 1. The first-order chi connectivity index (χ1) is 17.4. The van der Waals surface area contributed by atoms with Gasteiger partial charge in [-0.15, -0.1) is 8.78 Å². The van der Waals surface area contributed by atoms with Crippen LogP contribution < -0.4 is 29.6 Å². The number of benzene rings is 2. The molecule has 0 radical (unpaired) electrons. The highest BCUT2D eigenvalue weighted by atomic mass is 19.3. The Morgan fingerprint density at radius 1 is 1.11 bits per heavy atom. The zero-order chi connectivity index (χ0) is 26.6. The van der Waals surface area contributed by atoms with Gasteiger partial charge in [-0.3, -0.25) is 9.59 Å². The summed E-state index contributed by atoms with van der Waals surface area (Å²) in [5.74, 6) is 0.000822. The predicted molar refractivity (Wildman–Crippen MR) is 126 cm³/mol. The van der Waals surface area contributed by atoms with Crippen LogP contribution in [0.1, 0.15) is 50.3 Å². The van der Waals surface area contributed by atoms with Gasteiger partial charge in [0, 0.05) is 18.1 Å². The molecule has 11 heteroatoms. The third-order valence-corrected chi connectivity index (χ3v) is 6.91. The summed E-state index contributed by atoms with van der Waals surface area (Å²) in [4.78, 5) is 26.6. The van der Waals surface area contributed by atoms with Gasteiger partial charge >= 0.3 is 6.29 Å². The first kappa shape index (κ1) is 25.1. The minimum Gasteiger partial charge on any atom is -0.497 e. The Labute approximate surface area is 212 Å². The minimum atomic E-state index is -3.74. The van der Waals surface area contributed by atoms with Crippen LogP contribution in [0.5, 0.6) is 23.0 Å². The first-order valence-corrected chi connectivity index (χ1v) is 11.9. The van der Waals surface area contributed by atoms with Crippen molar-refractivity contribution in [2.24, 2.45) is 0 Å². The van der Waals surface area contributed by atoms with Crippen LogP contribution in [0.15, 0.2) is 36.4 Å². The van der Waals surface area contributed by atoms with Crippen LogP contribution in [0.2, 0.25) is 0 Å². The largest absolute Gasteiger partial charge is 0.586 e. The molecule has 2 aromatic rings. The van der Waals surface area contributed by atoms with E-state index in [2.05, 4.69) is 20.1 Å². The van der Waals surface area contributed by atoms with Crippen molar-refractivity contribution in [3.05, 3.63) is 47.5 Å². The summed E-state index contributed by atoms with van der Waals surface area (Å²) in [5, 5.41) is 15.4. The van der Waals surface area contributed by atoms with Crippen molar-refractivity contribution in [1.29, 1.82) is 0 Å². The second kappa shape index (κ2) is 8.76. The molecule has 3 N–H and O–H groups in total. The third-order valence-electron chi connectivity index (χ3n) is 6.91. The molecule has 2 unspecified atom stereocenters. The van der Waals surface area contributed by atoms with Gasteiger partial charge in [0.2, 0.25) is 5.91 Å². The number of carbonyl (C=O) groups is 2. The van der Waals surface area contributed by atoms with Gasteiger partial charge in [0.25, 0.3) is 5.91 Å². The number of methoxy groups -OCH3 is 1. The van der Waals surface area contributed by atoms with E-state index in [4.69, 9.17) is 9.47 Å². The molecule has 0 saturated heterocycles. The van der Waals surface area contributed by atoms with E-state index in [1.807, 2.05) is 0 Å². The van der Waals surface area contributed by atoms with E-state index in [0.717, 1.165) is 0 Å². The smallest absolute Gasteiger partial charge is 0.497 e. The molecule has 0 aromatic heterocycles. The van der Waals surface area contributed by atoms with Gasteiger partial charge in [0.15, 0.2) is 17.6 Å². The second-order valence-electron chi connectivity index (χ2n) is 10.2. The lowest BCUT2D eigenvalue weighted by atomic mass is 9.91. The first-order valence-electron chi connectivity index (χ1n) is 11.9. The normalized spacial score (nSPS) is 22.3. The fourth-order valence-electron chi connectivity index (χ4n) is 4.64. The highest BCUT2D eigenvalue weighted by Crippen LogP contribution is 2.52. The number of fused-ring (bicyclic) bond motifs is 2. The van der Waals surface area contributed by atoms with Crippen LogP contribution in [-0.4, -0.2) is 48.6 Å². The Morgan fingerprint density at radius 2 is 1.84 bits per heavy atom. The Hall–Kier alpha value is -3.60. The van der Waals surface area contributed by atoms with Crippen molar-refractivity contribution in [3.8, 4) is 23.0 Å². The summed E-state index contributed by atoms with van der Waals surface area (Å²) in [6, 6.07) is 8.97. The topological polar surface area (TPSA) is 115 Å². The monoisotopic (exact) mass is 518 g/mol. The average Bonchev–Trinajstić information content (AvgIpc) is 3.60. The van der Waals surface area contributed by atoms with E-state index in [9.17, 15) is 23.5 Å². The minimum absolute atomic E-state index is 0.0862. The number of hydrogen-bond donors (Lipinski definition) is 3. The SMILES string of the molecule is COc1ccc2c(c1)OC(C(=O)NC(C)(C)CO)CC2NC(=O)C1(c2ccc3c(c2)OC(F)(F)O3)CC1. The molecule has 2 heterocycles. The molecule has 1 fully saturated rings. The molecule has 5 rings (SSSR count). The molecule has 2 amide bonds. The zero-order valence-corrected chi connectivity index (χ0v) is 20.6. The second-order valence-corrected chi connectivity index (χ2v) is 10.2. The molecular formula is C26H28F2N2O7. The van der Waals surface area contributed by atoms with E-state index in [1.165, 1.54) is 19.2 Å². The van der Waals surface area contributed by atoms with Crippen molar-refractivity contribution in [3.63, 3.8) is 0 Å². The summed E-state index contributed by atoms with van der Waals surface area (Å²) in [5.41, 5.74) is -0.535. The van der Waals surface area contributed by atoms with Crippen LogP contribution in [0.3, 0.4) is 0 Å². The molecule has 198 valence electrons.